The van der Waals surface area contributed by atoms with E-state index in [-0.39, 0.29) is 29.5 Å². The van der Waals surface area contributed by atoms with E-state index in [1.807, 2.05) is 6.92 Å². The number of pyridine rings is 2. The third-order valence-corrected chi connectivity index (χ3v) is 7.73. The van der Waals surface area contributed by atoms with Crippen LogP contribution in [0.25, 0.3) is 11.3 Å². The summed E-state index contributed by atoms with van der Waals surface area (Å²) in [5.74, 6) is 1.90. The monoisotopic (exact) mass is 555 g/mol. The molecular weight excluding hydrogens is 527 g/mol. The Kier molecular flexibility index (Phi) is 7.72. The van der Waals surface area contributed by atoms with Gasteiger partial charge in [-0.3, -0.25) is 9.78 Å². The van der Waals surface area contributed by atoms with Crippen LogP contribution in [0, 0.1) is 23.4 Å². The first-order chi connectivity index (χ1) is 19.1. The SMILES string of the molecule is C[C@H]1C[C@H](c2ccncc2NC(=O)c2ccc(F)c(-c3c(F)cc(C4COC4)cc3F)n2)CCC1N(N)C(=O)O. The molecule has 2 aromatic heterocycles. The number of nitrogens with zero attached hydrogens (tertiary/aromatic N) is 3. The fraction of sp³-hybridized carbons (Fsp3) is 0.357. The normalized spacial score (nSPS) is 21.0. The minimum Gasteiger partial charge on any atom is -0.464 e. The second-order valence-electron chi connectivity index (χ2n) is 10.3. The molecule has 0 radical (unpaired) electrons. The van der Waals surface area contributed by atoms with Gasteiger partial charge in [-0.1, -0.05) is 6.92 Å². The molecule has 1 aromatic carbocycles. The van der Waals surface area contributed by atoms with Gasteiger partial charge in [0.1, 0.15) is 28.8 Å². The van der Waals surface area contributed by atoms with Gasteiger partial charge in [-0.2, -0.15) is 0 Å². The number of carboxylic acid groups (broad SMARTS) is 1. The zero-order chi connectivity index (χ0) is 28.6. The van der Waals surface area contributed by atoms with Gasteiger partial charge in [0.25, 0.3) is 5.91 Å². The summed E-state index contributed by atoms with van der Waals surface area (Å²) in [7, 11) is 0. The number of hydrogen-bond acceptors (Lipinski definition) is 6. The highest BCUT2D eigenvalue weighted by molar-refractivity contribution is 6.03. The number of benzene rings is 1. The number of rotatable bonds is 6. The molecule has 12 heteroatoms. The summed E-state index contributed by atoms with van der Waals surface area (Å²) in [5, 5.41) is 12.8. The molecule has 3 atom stereocenters. The van der Waals surface area contributed by atoms with E-state index in [2.05, 4.69) is 15.3 Å². The molecule has 2 aliphatic rings. The molecule has 40 heavy (non-hydrogen) atoms. The molecule has 4 N–H and O–H groups in total. The number of nitrogens with one attached hydrogen (secondary N) is 1. The molecule has 210 valence electrons. The number of carbonyl (C=O) groups is 2. The van der Waals surface area contributed by atoms with Crippen LogP contribution >= 0.6 is 0 Å². The Bertz CT molecular complexity index is 1430. The number of anilines is 1. The van der Waals surface area contributed by atoms with E-state index in [1.165, 1.54) is 6.20 Å². The predicted molar refractivity (Wildman–Crippen MR) is 139 cm³/mol. The van der Waals surface area contributed by atoms with Gasteiger partial charge in [0.05, 0.1) is 36.7 Å². The van der Waals surface area contributed by atoms with Gasteiger partial charge in [0.2, 0.25) is 0 Å². The maximum Gasteiger partial charge on any atom is 0.421 e. The molecule has 1 saturated heterocycles. The van der Waals surface area contributed by atoms with Crippen LogP contribution in [0.2, 0.25) is 0 Å². The van der Waals surface area contributed by atoms with E-state index >= 15 is 0 Å². The number of carbonyl (C=O) groups excluding carboxylic acids is 1. The largest absolute Gasteiger partial charge is 0.464 e. The minimum atomic E-state index is -1.19. The van der Waals surface area contributed by atoms with Crippen molar-refractivity contribution in [3.63, 3.8) is 0 Å². The number of ether oxygens (including phenoxy) is 1. The molecule has 0 bridgehead atoms. The zero-order valence-corrected chi connectivity index (χ0v) is 21.6. The van der Waals surface area contributed by atoms with Gasteiger partial charge in [-0.05, 0) is 72.6 Å². The molecule has 1 aliphatic heterocycles. The van der Waals surface area contributed by atoms with Crippen LogP contribution < -0.4 is 11.2 Å². The molecule has 3 heterocycles. The van der Waals surface area contributed by atoms with E-state index in [4.69, 9.17) is 10.6 Å². The van der Waals surface area contributed by atoms with E-state index in [0.717, 1.165) is 34.8 Å². The van der Waals surface area contributed by atoms with Crippen LogP contribution in [-0.2, 0) is 4.74 Å². The zero-order valence-electron chi connectivity index (χ0n) is 21.6. The van der Waals surface area contributed by atoms with Crippen molar-refractivity contribution in [2.24, 2.45) is 11.8 Å². The van der Waals surface area contributed by atoms with Crippen LogP contribution in [0.4, 0.5) is 23.7 Å². The van der Waals surface area contributed by atoms with Crippen molar-refractivity contribution in [3.05, 3.63) is 77.0 Å². The van der Waals surface area contributed by atoms with Crippen molar-refractivity contribution in [1.82, 2.24) is 15.0 Å². The molecular formula is C28H28F3N5O4. The summed E-state index contributed by atoms with van der Waals surface area (Å²) in [4.78, 5) is 32.6. The Labute approximate surface area is 228 Å². The van der Waals surface area contributed by atoms with Crippen molar-refractivity contribution in [1.29, 1.82) is 0 Å². The molecule has 1 saturated carbocycles. The van der Waals surface area contributed by atoms with Gasteiger partial charge in [-0.15, -0.1) is 0 Å². The average Bonchev–Trinajstić information content (AvgIpc) is 2.88. The first-order valence-corrected chi connectivity index (χ1v) is 12.9. The van der Waals surface area contributed by atoms with Crippen molar-refractivity contribution >= 4 is 17.7 Å². The van der Waals surface area contributed by atoms with Crippen LogP contribution in [0.5, 0.6) is 0 Å². The number of aromatic nitrogens is 2. The number of hydrogen-bond donors (Lipinski definition) is 3. The topological polar surface area (TPSA) is 131 Å². The lowest BCUT2D eigenvalue weighted by atomic mass is 9.75. The lowest BCUT2D eigenvalue weighted by Crippen LogP contribution is -2.49. The lowest BCUT2D eigenvalue weighted by Gasteiger charge is -2.38. The quantitative estimate of drug-likeness (QED) is 0.220. The summed E-state index contributed by atoms with van der Waals surface area (Å²) in [6.45, 7) is 2.63. The number of nitrogens with two attached hydrogens (primary N) is 1. The van der Waals surface area contributed by atoms with Crippen LogP contribution in [0.15, 0.2) is 42.7 Å². The predicted octanol–water partition coefficient (Wildman–Crippen LogP) is 5.05. The smallest absolute Gasteiger partial charge is 0.421 e. The third-order valence-electron chi connectivity index (χ3n) is 7.73. The number of amides is 2. The second kappa shape index (κ2) is 11.2. The summed E-state index contributed by atoms with van der Waals surface area (Å²) in [6, 6.07) is 5.79. The number of hydrazine groups is 1. The first kappa shape index (κ1) is 27.5. The minimum absolute atomic E-state index is 0.00810. The Morgan fingerprint density at radius 1 is 1.07 bits per heavy atom. The van der Waals surface area contributed by atoms with Gasteiger partial charge in [-0.25, -0.2) is 33.8 Å². The van der Waals surface area contributed by atoms with E-state index < -0.39 is 40.7 Å². The maximum atomic E-state index is 14.9. The highest BCUT2D eigenvalue weighted by Gasteiger charge is 2.34. The van der Waals surface area contributed by atoms with Crippen LogP contribution in [0.3, 0.4) is 0 Å². The molecule has 2 amide bonds. The maximum absolute atomic E-state index is 14.9. The van der Waals surface area contributed by atoms with E-state index in [1.54, 1.807) is 12.3 Å². The van der Waals surface area contributed by atoms with Crippen molar-refractivity contribution in [2.45, 2.75) is 44.1 Å². The van der Waals surface area contributed by atoms with Gasteiger partial charge < -0.3 is 15.2 Å². The Hall–Kier alpha value is -4.03. The molecule has 0 spiro atoms. The van der Waals surface area contributed by atoms with Gasteiger partial charge >= 0.3 is 6.09 Å². The van der Waals surface area contributed by atoms with Gasteiger partial charge in [0.15, 0.2) is 0 Å². The number of halogens is 3. The Morgan fingerprint density at radius 2 is 1.80 bits per heavy atom. The summed E-state index contributed by atoms with van der Waals surface area (Å²) in [5.41, 5.74) is 0.111. The summed E-state index contributed by atoms with van der Waals surface area (Å²) in [6.07, 6.45) is 3.66. The van der Waals surface area contributed by atoms with E-state index in [9.17, 15) is 27.9 Å². The molecule has 1 aliphatic carbocycles. The average molecular weight is 556 g/mol. The van der Waals surface area contributed by atoms with Crippen LogP contribution in [0.1, 0.15) is 59.6 Å². The highest BCUT2D eigenvalue weighted by Crippen LogP contribution is 2.40. The lowest BCUT2D eigenvalue weighted by molar-refractivity contribution is 0.00822. The Balaban J connectivity index is 1.37. The fourth-order valence-corrected chi connectivity index (χ4v) is 5.50. The molecule has 1 unspecified atom stereocenters. The summed E-state index contributed by atoms with van der Waals surface area (Å²) >= 11 is 0. The van der Waals surface area contributed by atoms with Crippen molar-refractivity contribution in [3.8, 4) is 11.3 Å². The Morgan fingerprint density at radius 3 is 2.42 bits per heavy atom. The van der Waals surface area contributed by atoms with Crippen molar-refractivity contribution < 1.29 is 32.6 Å². The standard InChI is InChI=1S/C28H28F3N5O4/c1-14-8-15(2-5-24(14)36(32)28(38)39)18-6-7-33-11-23(18)35-27(37)22-4-3-19(29)26(34-22)25-20(30)9-16(10-21(25)31)17-12-40-13-17/h3-4,6-7,9-11,14-15,17,24H,2,5,8,12-13,32H2,1H3,(H,35,37)(H,38,39)/t14-,15+,24?/m0/s1. The van der Waals surface area contributed by atoms with Gasteiger partial charge in [0, 0.05) is 12.1 Å². The molecule has 3 aromatic rings. The third kappa shape index (κ3) is 5.36. The van der Waals surface area contributed by atoms with Crippen molar-refractivity contribution in [2.75, 3.05) is 18.5 Å². The first-order valence-electron chi connectivity index (χ1n) is 12.9. The summed E-state index contributed by atoms with van der Waals surface area (Å²) < 4.78 is 49.7. The fourth-order valence-electron chi connectivity index (χ4n) is 5.50. The molecule has 2 fully saturated rings. The van der Waals surface area contributed by atoms with E-state index in [0.29, 0.717) is 43.7 Å². The second-order valence-corrected chi connectivity index (χ2v) is 10.3. The van der Waals surface area contributed by atoms with Crippen LogP contribution in [-0.4, -0.2) is 51.3 Å². The molecule has 5 rings (SSSR count). The molecule has 9 nitrogen and oxygen atoms in total. The highest BCUT2D eigenvalue weighted by atomic mass is 19.1.